The van der Waals surface area contributed by atoms with Crippen molar-refractivity contribution < 1.29 is 0 Å². The summed E-state index contributed by atoms with van der Waals surface area (Å²) in [6.07, 6.45) is 2.42. The first-order valence-electron chi connectivity index (χ1n) is 7.26. The van der Waals surface area contributed by atoms with Crippen LogP contribution in [0.15, 0.2) is 6.07 Å². The van der Waals surface area contributed by atoms with Crippen molar-refractivity contribution in [3.63, 3.8) is 0 Å². The van der Waals surface area contributed by atoms with Crippen LogP contribution in [-0.2, 0) is 0 Å². The van der Waals surface area contributed by atoms with Gasteiger partial charge in [0.25, 0.3) is 0 Å². The molecule has 0 aliphatic carbocycles. The molecule has 1 fully saturated rings. The Balaban J connectivity index is 1.96. The maximum absolute atomic E-state index is 6.36. The lowest BCUT2D eigenvalue weighted by Gasteiger charge is -2.30. The molecule has 3 heterocycles. The summed E-state index contributed by atoms with van der Waals surface area (Å²) in [6, 6.07) is 2.13. The number of thiophene rings is 1. The maximum atomic E-state index is 6.36. The number of anilines is 1. The van der Waals surface area contributed by atoms with Gasteiger partial charge >= 0.3 is 0 Å². The molecule has 0 atom stereocenters. The highest BCUT2D eigenvalue weighted by Gasteiger charge is 2.20. The van der Waals surface area contributed by atoms with Gasteiger partial charge in [-0.3, -0.25) is 0 Å². The fourth-order valence-corrected chi connectivity index (χ4v) is 3.83. The minimum absolute atomic E-state index is 0.504. The van der Waals surface area contributed by atoms with Crippen molar-refractivity contribution in [3.05, 3.63) is 16.1 Å². The third-order valence-corrected chi connectivity index (χ3v) is 5.61. The lowest BCUT2D eigenvalue weighted by molar-refractivity contribution is 0.435. The molecule has 5 heteroatoms. The zero-order chi connectivity index (χ0) is 14.3. The van der Waals surface area contributed by atoms with E-state index in [2.05, 4.69) is 36.7 Å². The zero-order valence-electron chi connectivity index (χ0n) is 12.2. The molecule has 2 aromatic rings. The zero-order valence-corrected chi connectivity index (χ0v) is 13.8. The highest BCUT2D eigenvalue weighted by molar-refractivity contribution is 7.18. The van der Waals surface area contributed by atoms with Gasteiger partial charge in [0.05, 0.1) is 0 Å². The van der Waals surface area contributed by atoms with E-state index in [1.54, 1.807) is 11.3 Å². The summed E-state index contributed by atoms with van der Waals surface area (Å²) < 4.78 is 0. The molecule has 2 aromatic heterocycles. The summed E-state index contributed by atoms with van der Waals surface area (Å²) in [4.78, 5) is 13.8. The monoisotopic (exact) mass is 309 g/mol. The topological polar surface area (TPSA) is 29.0 Å². The first-order valence-corrected chi connectivity index (χ1v) is 8.46. The summed E-state index contributed by atoms with van der Waals surface area (Å²) in [5, 5.41) is 1.58. The molecule has 3 rings (SSSR count). The highest BCUT2D eigenvalue weighted by Crippen LogP contribution is 2.34. The molecule has 0 spiro atoms. The van der Waals surface area contributed by atoms with E-state index >= 15 is 0 Å². The third kappa shape index (κ3) is 2.63. The van der Waals surface area contributed by atoms with Gasteiger partial charge in [-0.15, -0.1) is 11.3 Å². The number of halogens is 1. The largest absolute Gasteiger partial charge is 0.341 e. The average Bonchev–Trinajstić information content (AvgIpc) is 2.84. The smallest absolute Gasteiger partial charge is 0.228 e. The van der Waals surface area contributed by atoms with Gasteiger partial charge in [0.2, 0.25) is 5.95 Å². The Morgan fingerprint density at radius 1 is 1.30 bits per heavy atom. The lowest BCUT2D eigenvalue weighted by Crippen LogP contribution is -2.34. The van der Waals surface area contributed by atoms with Crippen molar-refractivity contribution in [1.29, 1.82) is 0 Å². The van der Waals surface area contributed by atoms with E-state index in [1.807, 2.05) is 0 Å². The third-order valence-electron chi connectivity index (χ3n) is 3.99. The van der Waals surface area contributed by atoms with Gasteiger partial charge in [0.1, 0.15) is 9.98 Å². The fourth-order valence-electron chi connectivity index (χ4n) is 2.53. The van der Waals surface area contributed by atoms with Crippen LogP contribution in [0.3, 0.4) is 0 Å². The molecule has 108 valence electrons. The Hall–Kier alpha value is -0.870. The van der Waals surface area contributed by atoms with Gasteiger partial charge in [0, 0.05) is 23.4 Å². The molecule has 0 amide bonds. The Labute approximate surface area is 129 Å². The van der Waals surface area contributed by atoms with Crippen LogP contribution < -0.4 is 4.90 Å². The van der Waals surface area contributed by atoms with Gasteiger partial charge < -0.3 is 4.90 Å². The van der Waals surface area contributed by atoms with Crippen molar-refractivity contribution >= 4 is 39.1 Å². The predicted molar refractivity (Wildman–Crippen MR) is 87.1 cm³/mol. The second-order valence-electron chi connectivity index (χ2n) is 6.01. The Morgan fingerprint density at radius 3 is 2.65 bits per heavy atom. The van der Waals surface area contributed by atoms with E-state index < -0.39 is 0 Å². The molecule has 20 heavy (non-hydrogen) atoms. The lowest BCUT2D eigenvalue weighted by atomic mass is 10.00. The Bertz CT molecular complexity index is 615. The van der Waals surface area contributed by atoms with Crippen molar-refractivity contribution in [2.45, 2.75) is 39.5 Å². The quantitative estimate of drug-likeness (QED) is 0.753. The number of nitrogens with zero attached hydrogens (tertiary/aromatic N) is 3. The van der Waals surface area contributed by atoms with Gasteiger partial charge in [-0.25, -0.2) is 9.97 Å². The summed E-state index contributed by atoms with van der Waals surface area (Å²) in [6.45, 7) is 8.76. The molecule has 3 nitrogen and oxygen atoms in total. The van der Waals surface area contributed by atoms with Crippen LogP contribution in [0.25, 0.3) is 10.2 Å². The summed E-state index contributed by atoms with van der Waals surface area (Å²) in [5.41, 5.74) is 0. The standard InChI is InChI=1S/C15H20ClN3S/c1-9(2)12-8-11-13(16)17-15(18-14(11)20-12)19-6-4-10(3)5-7-19/h8-10H,4-7H2,1-3H3. The molecule has 1 saturated heterocycles. The van der Waals surface area contributed by atoms with E-state index in [9.17, 15) is 0 Å². The van der Waals surface area contributed by atoms with E-state index in [0.717, 1.165) is 35.2 Å². The van der Waals surface area contributed by atoms with Crippen molar-refractivity contribution in [2.24, 2.45) is 5.92 Å². The SMILES string of the molecule is CC1CCN(c2nc(Cl)c3cc(C(C)C)sc3n2)CC1. The van der Waals surface area contributed by atoms with Gasteiger partial charge in [0.15, 0.2) is 0 Å². The first-order chi connectivity index (χ1) is 9.54. The first kappa shape index (κ1) is 14.1. The minimum Gasteiger partial charge on any atom is -0.341 e. The number of piperidine rings is 1. The molecule has 0 unspecified atom stereocenters. The van der Waals surface area contributed by atoms with Crippen LogP contribution in [0.2, 0.25) is 5.15 Å². The molecule has 0 aromatic carbocycles. The molecule has 0 N–H and O–H groups in total. The van der Waals surface area contributed by atoms with Crippen LogP contribution in [-0.4, -0.2) is 23.1 Å². The summed E-state index contributed by atoms with van der Waals surface area (Å²) in [7, 11) is 0. The normalized spacial score (nSPS) is 17.4. The Kier molecular flexibility index (Phi) is 3.87. The number of aromatic nitrogens is 2. The average molecular weight is 310 g/mol. The summed E-state index contributed by atoms with van der Waals surface area (Å²) in [5.74, 6) is 2.11. The number of hydrogen-bond donors (Lipinski definition) is 0. The fraction of sp³-hybridized carbons (Fsp3) is 0.600. The molecular weight excluding hydrogens is 290 g/mol. The molecular formula is C15H20ClN3S. The van der Waals surface area contributed by atoms with Gasteiger partial charge in [-0.1, -0.05) is 32.4 Å². The number of rotatable bonds is 2. The van der Waals surface area contributed by atoms with Crippen LogP contribution in [0.1, 0.15) is 44.4 Å². The molecule has 1 aliphatic heterocycles. The second kappa shape index (κ2) is 5.49. The molecule has 0 bridgehead atoms. The van der Waals surface area contributed by atoms with E-state index in [0.29, 0.717) is 11.1 Å². The summed E-state index contributed by atoms with van der Waals surface area (Å²) >= 11 is 8.09. The van der Waals surface area contributed by atoms with E-state index in [4.69, 9.17) is 16.6 Å². The number of fused-ring (bicyclic) bond motifs is 1. The second-order valence-corrected chi connectivity index (χ2v) is 7.43. The molecule has 1 aliphatic rings. The number of hydrogen-bond acceptors (Lipinski definition) is 4. The van der Waals surface area contributed by atoms with Crippen molar-refractivity contribution in [2.75, 3.05) is 18.0 Å². The van der Waals surface area contributed by atoms with Crippen molar-refractivity contribution in [1.82, 2.24) is 9.97 Å². The Morgan fingerprint density at radius 2 is 2.00 bits per heavy atom. The molecule has 0 saturated carbocycles. The van der Waals surface area contributed by atoms with Gasteiger partial charge in [-0.2, -0.15) is 0 Å². The predicted octanol–water partition coefficient (Wildman–Crippen LogP) is 4.70. The molecule has 0 radical (unpaired) electrons. The van der Waals surface area contributed by atoms with E-state index in [1.165, 1.54) is 17.7 Å². The van der Waals surface area contributed by atoms with Crippen LogP contribution in [0, 0.1) is 5.92 Å². The minimum atomic E-state index is 0.504. The van der Waals surface area contributed by atoms with Crippen LogP contribution in [0.5, 0.6) is 0 Å². The van der Waals surface area contributed by atoms with Crippen LogP contribution in [0.4, 0.5) is 5.95 Å². The van der Waals surface area contributed by atoms with Gasteiger partial charge in [-0.05, 0) is 30.7 Å². The maximum Gasteiger partial charge on any atom is 0.228 e. The van der Waals surface area contributed by atoms with Crippen molar-refractivity contribution in [3.8, 4) is 0 Å². The van der Waals surface area contributed by atoms with E-state index in [-0.39, 0.29) is 0 Å². The highest BCUT2D eigenvalue weighted by atomic mass is 35.5. The van der Waals surface area contributed by atoms with Crippen LogP contribution >= 0.6 is 22.9 Å².